The minimum absolute atomic E-state index is 0. The van der Waals surface area contributed by atoms with Crippen molar-refractivity contribution in [1.29, 1.82) is 0 Å². The minimum Gasteiger partial charge on any atom is -0.504 e. The number of piperazine rings is 1. The van der Waals surface area contributed by atoms with E-state index in [1.54, 1.807) is 0 Å². The molecule has 1 aliphatic rings. The molecule has 1 aliphatic heterocycles. The van der Waals surface area contributed by atoms with Crippen LogP contribution in [0.3, 0.4) is 0 Å². The monoisotopic (exact) mass is 326 g/mol. The lowest BCUT2D eigenvalue weighted by Gasteiger charge is -2.33. The Kier molecular flexibility index (Phi) is 8.20. The maximum Gasteiger partial charge on any atom is 0.163 e. The SMILES string of the molecule is COc1cc(F)cc([C@H](C)N2CCNCC2)c1O.Cl.Cl. The van der Waals surface area contributed by atoms with Crippen LogP contribution in [0.15, 0.2) is 12.1 Å². The highest BCUT2D eigenvalue weighted by molar-refractivity contribution is 5.85. The predicted octanol–water partition coefficient (Wildman–Crippen LogP) is 2.35. The van der Waals surface area contributed by atoms with Crippen molar-refractivity contribution in [2.24, 2.45) is 0 Å². The Hall–Kier alpha value is -0.750. The van der Waals surface area contributed by atoms with E-state index in [0.29, 0.717) is 5.56 Å². The number of rotatable bonds is 3. The molecule has 1 fully saturated rings. The molecule has 0 spiro atoms. The van der Waals surface area contributed by atoms with Crippen molar-refractivity contribution in [3.63, 3.8) is 0 Å². The topological polar surface area (TPSA) is 44.7 Å². The van der Waals surface area contributed by atoms with Crippen molar-refractivity contribution in [3.8, 4) is 11.5 Å². The first-order valence-corrected chi connectivity index (χ1v) is 6.14. The third-order valence-electron chi connectivity index (χ3n) is 3.44. The summed E-state index contributed by atoms with van der Waals surface area (Å²) < 4.78 is 18.5. The molecule has 0 unspecified atom stereocenters. The van der Waals surface area contributed by atoms with E-state index in [0.717, 1.165) is 26.2 Å². The van der Waals surface area contributed by atoms with Crippen LogP contribution in [-0.2, 0) is 0 Å². The number of phenols is 1. The van der Waals surface area contributed by atoms with E-state index in [-0.39, 0.29) is 48.2 Å². The van der Waals surface area contributed by atoms with E-state index in [1.807, 2.05) is 6.92 Å². The second kappa shape index (κ2) is 8.52. The first-order valence-electron chi connectivity index (χ1n) is 6.14. The van der Waals surface area contributed by atoms with E-state index in [2.05, 4.69) is 10.2 Å². The largest absolute Gasteiger partial charge is 0.504 e. The highest BCUT2D eigenvalue weighted by Gasteiger charge is 2.22. The second-order valence-electron chi connectivity index (χ2n) is 4.51. The van der Waals surface area contributed by atoms with Crippen molar-refractivity contribution in [3.05, 3.63) is 23.5 Å². The zero-order valence-corrected chi connectivity index (χ0v) is 13.2. The molecule has 0 radical (unpaired) electrons. The summed E-state index contributed by atoms with van der Waals surface area (Å²) in [6.07, 6.45) is 0. The van der Waals surface area contributed by atoms with Gasteiger partial charge in [0.15, 0.2) is 11.5 Å². The lowest BCUT2D eigenvalue weighted by atomic mass is 10.0. The molecule has 0 aromatic heterocycles. The molecule has 0 saturated carbocycles. The van der Waals surface area contributed by atoms with Crippen molar-refractivity contribution in [2.45, 2.75) is 13.0 Å². The highest BCUT2D eigenvalue weighted by Crippen LogP contribution is 2.36. The molecule has 1 saturated heterocycles. The van der Waals surface area contributed by atoms with Gasteiger partial charge in [0.2, 0.25) is 0 Å². The molecule has 1 heterocycles. The maximum absolute atomic E-state index is 13.5. The standard InChI is InChI=1S/C13H19FN2O2.2ClH/c1-9(16-5-3-15-4-6-16)11-7-10(14)8-12(18-2)13(11)17;;/h7-9,15,17H,3-6H2,1-2H3;2*1H/t9-;;/m0../s1. The zero-order valence-electron chi connectivity index (χ0n) is 11.6. The van der Waals surface area contributed by atoms with Gasteiger partial charge in [0, 0.05) is 43.9 Å². The number of aromatic hydroxyl groups is 1. The second-order valence-corrected chi connectivity index (χ2v) is 4.51. The summed E-state index contributed by atoms with van der Waals surface area (Å²) in [5.74, 6) is -0.168. The van der Waals surface area contributed by atoms with E-state index in [4.69, 9.17) is 4.74 Å². The molecule has 1 atom stereocenters. The van der Waals surface area contributed by atoms with Crippen LogP contribution < -0.4 is 10.1 Å². The van der Waals surface area contributed by atoms with Crippen molar-refractivity contribution in [1.82, 2.24) is 10.2 Å². The summed E-state index contributed by atoms with van der Waals surface area (Å²) in [5, 5.41) is 13.3. The molecular weight excluding hydrogens is 306 g/mol. The Balaban J connectivity index is 0.00000180. The maximum atomic E-state index is 13.5. The molecule has 0 amide bonds. The predicted molar refractivity (Wildman–Crippen MR) is 82.0 cm³/mol. The van der Waals surface area contributed by atoms with Crippen molar-refractivity contribution >= 4 is 24.8 Å². The van der Waals surface area contributed by atoms with Gasteiger partial charge in [-0.3, -0.25) is 4.90 Å². The van der Waals surface area contributed by atoms with Crippen LogP contribution in [0.4, 0.5) is 4.39 Å². The van der Waals surface area contributed by atoms with Crippen LogP contribution in [0, 0.1) is 5.82 Å². The Morgan fingerprint density at radius 2 is 1.90 bits per heavy atom. The number of benzene rings is 1. The van der Waals surface area contributed by atoms with Crippen LogP contribution in [0.1, 0.15) is 18.5 Å². The van der Waals surface area contributed by atoms with Crippen molar-refractivity contribution < 1.29 is 14.2 Å². The number of ether oxygens (including phenoxy) is 1. The first-order chi connectivity index (χ1) is 8.63. The lowest BCUT2D eigenvalue weighted by Crippen LogP contribution is -2.44. The van der Waals surface area contributed by atoms with Gasteiger partial charge in [-0.1, -0.05) is 0 Å². The molecule has 2 N–H and O–H groups in total. The quantitative estimate of drug-likeness (QED) is 0.895. The number of hydrogen-bond acceptors (Lipinski definition) is 4. The van der Waals surface area contributed by atoms with Crippen molar-refractivity contribution in [2.75, 3.05) is 33.3 Å². The van der Waals surface area contributed by atoms with E-state index >= 15 is 0 Å². The smallest absolute Gasteiger partial charge is 0.163 e. The van der Waals surface area contributed by atoms with E-state index in [9.17, 15) is 9.50 Å². The van der Waals surface area contributed by atoms with Crippen LogP contribution in [0.2, 0.25) is 0 Å². The summed E-state index contributed by atoms with van der Waals surface area (Å²) in [4.78, 5) is 2.21. The Bertz CT molecular complexity index is 429. The summed E-state index contributed by atoms with van der Waals surface area (Å²) in [6, 6.07) is 2.55. The van der Waals surface area contributed by atoms with Gasteiger partial charge in [-0.25, -0.2) is 4.39 Å². The van der Waals surface area contributed by atoms with Crippen LogP contribution in [-0.4, -0.2) is 43.3 Å². The number of nitrogens with zero attached hydrogens (tertiary/aromatic N) is 1. The molecule has 1 aromatic carbocycles. The molecule has 7 heteroatoms. The first kappa shape index (κ1) is 19.2. The summed E-state index contributed by atoms with van der Waals surface area (Å²) in [5.41, 5.74) is 0.578. The van der Waals surface area contributed by atoms with Gasteiger partial charge in [-0.05, 0) is 13.0 Å². The fourth-order valence-corrected chi connectivity index (χ4v) is 2.33. The van der Waals surface area contributed by atoms with Gasteiger partial charge in [0.1, 0.15) is 5.82 Å². The zero-order chi connectivity index (χ0) is 13.1. The normalized spacial score (nSPS) is 16.8. The van der Waals surface area contributed by atoms with Gasteiger partial charge in [-0.15, -0.1) is 24.8 Å². The lowest BCUT2D eigenvalue weighted by molar-refractivity contribution is 0.182. The third-order valence-corrected chi connectivity index (χ3v) is 3.44. The molecule has 116 valence electrons. The summed E-state index contributed by atoms with van der Waals surface area (Å²) in [6.45, 7) is 5.58. The number of nitrogens with one attached hydrogen (secondary N) is 1. The van der Waals surface area contributed by atoms with Crippen LogP contribution in [0.5, 0.6) is 11.5 Å². The number of phenolic OH excluding ortho intramolecular Hbond substituents is 1. The van der Waals surface area contributed by atoms with Gasteiger partial charge in [0.05, 0.1) is 7.11 Å². The van der Waals surface area contributed by atoms with Gasteiger partial charge < -0.3 is 15.2 Å². The molecule has 1 aromatic rings. The van der Waals surface area contributed by atoms with Crippen LogP contribution >= 0.6 is 24.8 Å². The third kappa shape index (κ3) is 4.12. The average Bonchev–Trinajstić information content (AvgIpc) is 2.41. The number of methoxy groups -OCH3 is 1. The average molecular weight is 327 g/mol. The van der Waals surface area contributed by atoms with Gasteiger partial charge >= 0.3 is 0 Å². The van der Waals surface area contributed by atoms with E-state index < -0.39 is 0 Å². The number of halogens is 3. The molecule has 2 rings (SSSR count). The van der Waals surface area contributed by atoms with Gasteiger partial charge in [-0.2, -0.15) is 0 Å². The van der Waals surface area contributed by atoms with Crippen LogP contribution in [0.25, 0.3) is 0 Å². The number of hydrogen-bond donors (Lipinski definition) is 2. The van der Waals surface area contributed by atoms with Gasteiger partial charge in [0.25, 0.3) is 0 Å². The Morgan fingerprint density at radius 3 is 2.45 bits per heavy atom. The molecular formula is C13H21Cl2FN2O2. The minimum atomic E-state index is -0.387. The summed E-state index contributed by atoms with van der Waals surface area (Å²) >= 11 is 0. The molecule has 0 bridgehead atoms. The highest BCUT2D eigenvalue weighted by atomic mass is 35.5. The Morgan fingerprint density at radius 1 is 1.30 bits per heavy atom. The molecule has 4 nitrogen and oxygen atoms in total. The summed E-state index contributed by atoms with van der Waals surface area (Å²) in [7, 11) is 1.42. The van der Waals surface area contributed by atoms with E-state index in [1.165, 1.54) is 19.2 Å². The fourth-order valence-electron chi connectivity index (χ4n) is 2.33. The molecule has 20 heavy (non-hydrogen) atoms. The fraction of sp³-hybridized carbons (Fsp3) is 0.538. The molecule has 0 aliphatic carbocycles. The Labute approximate surface area is 131 Å².